The molecule has 37 heavy (non-hydrogen) atoms. The van der Waals surface area contributed by atoms with Crippen molar-refractivity contribution in [2.75, 3.05) is 18.4 Å². The Morgan fingerprint density at radius 1 is 1.27 bits per heavy atom. The highest BCUT2D eigenvalue weighted by Gasteiger charge is 2.73. The van der Waals surface area contributed by atoms with Crippen LogP contribution in [0.4, 0.5) is 15.6 Å². The lowest BCUT2D eigenvalue weighted by atomic mass is 9.91. The van der Waals surface area contributed by atoms with Gasteiger partial charge in [0.15, 0.2) is 5.82 Å². The number of hydrogen-bond acceptors (Lipinski definition) is 7. The van der Waals surface area contributed by atoms with Crippen LogP contribution in [0.15, 0.2) is 41.1 Å². The normalized spacial score (nSPS) is 26.4. The molecule has 1 saturated heterocycles. The third kappa shape index (κ3) is 3.89. The smallest absolute Gasteiger partial charge is 0.410 e. The van der Waals surface area contributed by atoms with E-state index in [0.29, 0.717) is 13.1 Å². The zero-order chi connectivity index (χ0) is 26.2. The van der Waals surface area contributed by atoms with E-state index in [9.17, 15) is 4.79 Å². The van der Waals surface area contributed by atoms with Gasteiger partial charge in [-0.25, -0.2) is 9.79 Å². The van der Waals surface area contributed by atoms with Crippen molar-refractivity contribution in [2.45, 2.75) is 46.6 Å². The average molecular weight is 520 g/mol. The minimum Gasteiger partial charge on any atom is -0.444 e. The number of aryl methyl sites for hydroxylation is 2. The van der Waals surface area contributed by atoms with Crippen LogP contribution >= 0.6 is 11.3 Å². The second-order valence-electron chi connectivity index (χ2n) is 11.7. The van der Waals surface area contributed by atoms with E-state index in [-0.39, 0.29) is 22.8 Å². The minimum absolute atomic E-state index is 0.00813. The summed E-state index contributed by atoms with van der Waals surface area (Å²) >= 11 is 1.67. The van der Waals surface area contributed by atoms with Gasteiger partial charge in [-0.1, -0.05) is 6.92 Å². The van der Waals surface area contributed by atoms with Crippen molar-refractivity contribution in [3.05, 3.63) is 41.7 Å². The van der Waals surface area contributed by atoms with Crippen LogP contribution in [0.2, 0.25) is 0 Å². The summed E-state index contributed by atoms with van der Waals surface area (Å²) in [5.41, 5.74) is 2.29. The number of thiophene rings is 1. The number of nitrogens with one attached hydrogen (secondary N) is 1. The number of carbonyl (C=O) groups excluding carboxylic acids is 1. The van der Waals surface area contributed by atoms with Crippen molar-refractivity contribution in [1.82, 2.24) is 24.5 Å². The maximum absolute atomic E-state index is 12.9. The Hall–Kier alpha value is -3.40. The Morgan fingerprint density at radius 3 is 2.76 bits per heavy atom. The summed E-state index contributed by atoms with van der Waals surface area (Å²) in [6, 6.07) is 2.14. The molecule has 5 heterocycles. The fraction of sp³-hybridized carbons (Fsp3) is 0.481. The van der Waals surface area contributed by atoms with Gasteiger partial charge < -0.3 is 15.0 Å². The molecule has 0 radical (unpaired) electrons. The number of carbonyl (C=O) groups is 1. The zero-order valence-electron chi connectivity index (χ0n) is 22.1. The summed E-state index contributed by atoms with van der Waals surface area (Å²) in [6.45, 7) is 11.4. The van der Waals surface area contributed by atoms with E-state index in [1.54, 1.807) is 16.0 Å². The number of ether oxygens (including phenoxy) is 1. The number of nitrogens with zero attached hydrogens (tertiary/aromatic N) is 6. The minimum atomic E-state index is -0.517. The lowest BCUT2D eigenvalue weighted by Crippen LogP contribution is -2.42. The number of likely N-dealkylation sites (tertiary alicyclic amines) is 1. The van der Waals surface area contributed by atoms with Gasteiger partial charge in [0.2, 0.25) is 0 Å². The molecule has 0 aromatic carbocycles. The highest BCUT2D eigenvalue weighted by molar-refractivity contribution is 7.14. The fourth-order valence-corrected chi connectivity index (χ4v) is 6.67. The second-order valence-corrected chi connectivity index (χ2v) is 12.6. The quantitative estimate of drug-likeness (QED) is 0.491. The summed E-state index contributed by atoms with van der Waals surface area (Å²) in [5, 5.41) is 15.9. The van der Waals surface area contributed by atoms with Crippen molar-refractivity contribution in [3.8, 4) is 11.1 Å². The van der Waals surface area contributed by atoms with E-state index in [2.05, 4.69) is 48.0 Å². The standard InChI is InChI=1S/C27H33N7O2S/c1-17-9-22(37-15-17)31-21-10-27(16-28-23-19(12-30-34(21)23)18-11-29-32(6)13-18)20-14-33(8-7-26(20,27)5)24(35)36-25(2,3)4/h9-13,15-16,20,31H,7-8,14H2,1-6H3/t20?,26-,27-/m0/s1. The van der Waals surface area contributed by atoms with Gasteiger partial charge in [0, 0.05) is 49.1 Å². The Morgan fingerprint density at radius 2 is 2.08 bits per heavy atom. The number of allylic oxidation sites excluding steroid dienone is 1. The molecule has 0 bridgehead atoms. The van der Waals surface area contributed by atoms with Gasteiger partial charge in [-0.2, -0.15) is 14.9 Å². The van der Waals surface area contributed by atoms with Crippen molar-refractivity contribution in [1.29, 1.82) is 0 Å². The Labute approximate surface area is 220 Å². The Kier molecular flexibility index (Phi) is 5.21. The molecule has 10 heteroatoms. The highest BCUT2D eigenvalue weighted by Crippen LogP contribution is 2.73. The van der Waals surface area contributed by atoms with Gasteiger partial charge >= 0.3 is 6.09 Å². The molecule has 1 unspecified atom stereocenters. The molecule has 6 rings (SSSR count). The molecule has 1 spiro atoms. The molecule has 1 N–H and O–H groups in total. The van der Waals surface area contributed by atoms with Crippen molar-refractivity contribution in [2.24, 2.45) is 28.8 Å². The molecule has 2 fully saturated rings. The molecule has 1 aliphatic carbocycles. The van der Waals surface area contributed by atoms with Gasteiger partial charge in [-0.3, -0.25) is 4.68 Å². The zero-order valence-corrected chi connectivity index (χ0v) is 23.0. The third-order valence-corrected chi connectivity index (χ3v) is 8.92. The van der Waals surface area contributed by atoms with Crippen LogP contribution in [0, 0.1) is 23.7 Å². The van der Waals surface area contributed by atoms with E-state index < -0.39 is 5.60 Å². The molecule has 1 saturated carbocycles. The van der Waals surface area contributed by atoms with Crippen molar-refractivity contribution < 1.29 is 9.53 Å². The molecule has 3 atom stereocenters. The van der Waals surface area contributed by atoms with Gasteiger partial charge in [-0.05, 0) is 68.5 Å². The van der Waals surface area contributed by atoms with Crippen LogP contribution in [-0.2, 0) is 11.8 Å². The van der Waals surface area contributed by atoms with Gasteiger partial charge in [0.1, 0.15) is 11.4 Å². The molecule has 3 aromatic heterocycles. The summed E-state index contributed by atoms with van der Waals surface area (Å²) in [4.78, 5) is 19.8. The van der Waals surface area contributed by atoms with Crippen molar-refractivity contribution in [3.63, 3.8) is 0 Å². The molecule has 9 nitrogen and oxygen atoms in total. The number of hydrogen-bond donors (Lipinski definition) is 1. The average Bonchev–Trinajstić information content (AvgIpc) is 3.30. The summed E-state index contributed by atoms with van der Waals surface area (Å²) < 4.78 is 9.36. The van der Waals surface area contributed by atoms with Crippen LogP contribution < -0.4 is 5.32 Å². The number of anilines is 1. The topological polar surface area (TPSA) is 89.6 Å². The highest BCUT2D eigenvalue weighted by atomic mass is 32.1. The molecule has 3 aromatic rings. The van der Waals surface area contributed by atoms with E-state index in [1.807, 2.05) is 56.0 Å². The molecule has 194 valence electrons. The van der Waals surface area contributed by atoms with E-state index in [4.69, 9.17) is 14.8 Å². The fourth-order valence-electron chi connectivity index (χ4n) is 5.87. The van der Waals surface area contributed by atoms with Crippen molar-refractivity contribution >= 4 is 40.3 Å². The van der Waals surface area contributed by atoms with Crippen LogP contribution in [0.3, 0.4) is 0 Å². The summed E-state index contributed by atoms with van der Waals surface area (Å²) in [7, 11) is 1.90. The third-order valence-electron chi connectivity index (χ3n) is 7.95. The number of amides is 1. The predicted octanol–water partition coefficient (Wildman–Crippen LogP) is 5.54. The number of aliphatic imine (C=N–C) groups is 1. The molecular formula is C27H33N7O2S. The predicted molar refractivity (Wildman–Crippen MR) is 146 cm³/mol. The maximum Gasteiger partial charge on any atom is 0.410 e. The largest absolute Gasteiger partial charge is 0.444 e. The monoisotopic (exact) mass is 519 g/mol. The van der Waals surface area contributed by atoms with Crippen LogP contribution in [0.25, 0.3) is 16.9 Å². The van der Waals surface area contributed by atoms with E-state index >= 15 is 0 Å². The first kappa shape index (κ1) is 24.0. The molecule has 3 aliphatic rings. The van der Waals surface area contributed by atoms with Crippen LogP contribution in [0.1, 0.15) is 39.7 Å². The number of aromatic nitrogens is 4. The molecule has 2 aliphatic heterocycles. The van der Waals surface area contributed by atoms with Crippen LogP contribution in [0.5, 0.6) is 0 Å². The SMILES string of the molecule is Cc1csc(NC2=C[C@]3(C=Nc4c(-c5cnn(C)c5)cnn42)C2CN(C(=O)OC(C)(C)C)CC[C@@]23C)c1. The second kappa shape index (κ2) is 8.05. The first-order valence-corrected chi connectivity index (χ1v) is 13.5. The first-order valence-electron chi connectivity index (χ1n) is 12.6. The molecule has 1 amide bonds. The number of fused-ring (bicyclic) bond motifs is 4. The summed E-state index contributed by atoms with van der Waals surface area (Å²) in [6.07, 6.45) is 10.7. The van der Waals surface area contributed by atoms with Gasteiger partial charge in [0.05, 0.1) is 17.4 Å². The number of rotatable bonds is 3. The molecular weight excluding hydrogens is 486 g/mol. The lowest BCUT2D eigenvalue weighted by Gasteiger charge is -2.31. The Bertz CT molecular complexity index is 1440. The van der Waals surface area contributed by atoms with Gasteiger partial charge in [-0.15, -0.1) is 11.3 Å². The number of piperidine rings is 1. The Balaban J connectivity index is 1.39. The van der Waals surface area contributed by atoms with E-state index in [1.165, 1.54) is 5.56 Å². The summed E-state index contributed by atoms with van der Waals surface area (Å²) in [5.74, 6) is 1.88. The lowest BCUT2D eigenvalue weighted by molar-refractivity contribution is 0.0184. The maximum atomic E-state index is 12.9. The van der Waals surface area contributed by atoms with Gasteiger partial charge in [0.25, 0.3) is 0 Å². The van der Waals surface area contributed by atoms with E-state index in [0.717, 1.165) is 34.2 Å². The first-order chi connectivity index (χ1) is 17.5. The van der Waals surface area contributed by atoms with Crippen LogP contribution in [-0.4, -0.2) is 55.5 Å².